The molecule has 0 aliphatic carbocycles. The maximum atomic E-state index is 6.23. The molecule has 4 aromatic carbocycles. The van der Waals surface area contributed by atoms with Crippen molar-refractivity contribution in [3.63, 3.8) is 0 Å². The molecule has 5 rings (SSSR count). The molecule has 1 aromatic heterocycles. The molecule has 0 N–H and O–H groups in total. The highest BCUT2D eigenvalue weighted by Gasteiger charge is 2.15. The molecule has 0 saturated carbocycles. The molecule has 0 radical (unpaired) electrons. The molecular formula is C22H13ClO. The summed E-state index contributed by atoms with van der Waals surface area (Å²) in [6.07, 6.45) is 0. The lowest BCUT2D eigenvalue weighted by atomic mass is 9.95. The minimum absolute atomic E-state index is 0.743. The van der Waals surface area contributed by atoms with Crippen LogP contribution in [0.25, 0.3) is 43.8 Å². The van der Waals surface area contributed by atoms with Gasteiger partial charge in [0.1, 0.15) is 11.2 Å². The molecule has 0 spiro atoms. The first-order chi connectivity index (χ1) is 11.8. The first kappa shape index (κ1) is 13.6. The van der Waals surface area contributed by atoms with Gasteiger partial charge in [-0.3, -0.25) is 0 Å². The average Bonchev–Trinajstić information content (AvgIpc) is 3.02. The van der Waals surface area contributed by atoms with Crippen molar-refractivity contribution in [1.82, 2.24) is 0 Å². The highest BCUT2D eigenvalue weighted by molar-refractivity contribution is 6.30. The van der Waals surface area contributed by atoms with E-state index in [1.54, 1.807) is 0 Å². The van der Waals surface area contributed by atoms with Crippen LogP contribution in [0.2, 0.25) is 5.02 Å². The first-order valence-corrected chi connectivity index (χ1v) is 8.28. The summed E-state index contributed by atoms with van der Waals surface area (Å²) >= 11 is 6.07. The number of para-hydroxylation sites is 1. The first-order valence-electron chi connectivity index (χ1n) is 7.90. The van der Waals surface area contributed by atoms with E-state index >= 15 is 0 Å². The van der Waals surface area contributed by atoms with Gasteiger partial charge in [0.25, 0.3) is 0 Å². The average molecular weight is 329 g/mol. The van der Waals surface area contributed by atoms with E-state index in [1.807, 2.05) is 24.3 Å². The van der Waals surface area contributed by atoms with Crippen LogP contribution >= 0.6 is 11.6 Å². The fraction of sp³-hybridized carbons (Fsp3) is 0. The Hall–Kier alpha value is -2.77. The number of rotatable bonds is 1. The summed E-state index contributed by atoms with van der Waals surface area (Å²) in [5.74, 6) is 0. The van der Waals surface area contributed by atoms with Gasteiger partial charge in [0.05, 0.1) is 0 Å². The van der Waals surface area contributed by atoms with Gasteiger partial charge in [-0.25, -0.2) is 0 Å². The largest absolute Gasteiger partial charge is 0.455 e. The van der Waals surface area contributed by atoms with Gasteiger partial charge in [-0.2, -0.15) is 0 Å². The Morgan fingerprint density at radius 1 is 0.708 bits per heavy atom. The van der Waals surface area contributed by atoms with Crippen LogP contribution in [-0.2, 0) is 0 Å². The Bertz CT molecular complexity index is 1200. The van der Waals surface area contributed by atoms with Crippen LogP contribution in [0.15, 0.2) is 83.3 Å². The van der Waals surface area contributed by atoms with E-state index in [2.05, 4.69) is 54.6 Å². The third-order valence-corrected chi connectivity index (χ3v) is 4.78. The third-order valence-electron chi connectivity index (χ3n) is 4.53. The summed E-state index contributed by atoms with van der Waals surface area (Å²) in [5.41, 5.74) is 4.17. The zero-order chi connectivity index (χ0) is 16.1. The smallest absolute Gasteiger partial charge is 0.143 e. The number of furan rings is 1. The van der Waals surface area contributed by atoms with Crippen molar-refractivity contribution >= 4 is 44.3 Å². The van der Waals surface area contributed by atoms with Gasteiger partial charge >= 0.3 is 0 Å². The molecule has 0 bridgehead atoms. The van der Waals surface area contributed by atoms with Crippen LogP contribution in [0, 0.1) is 0 Å². The van der Waals surface area contributed by atoms with E-state index in [4.69, 9.17) is 16.0 Å². The van der Waals surface area contributed by atoms with Crippen molar-refractivity contribution in [3.8, 4) is 11.1 Å². The van der Waals surface area contributed by atoms with Gasteiger partial charge in [0, 0.05) is 21.2 Å². The Morgan fingerprint density at radius 2 is 1.42 bits per heavy atom. The highest BCUT2D eigenvalue weighted by Crippen LogP contribution is 2.41. The molecule has 0 atom stereocenters. The molecule has 0 saturated heterocycles. The molecule has 5 aromatic rings. The Morgan fingerprint density at radius 3 is 2.25 bits per heavy atom. The molecule has 2 heteroatoms. The van der Waals surface area contributed by atoms with Gasteiger partial charge in [0.15, 0.2) is 0 Å². The van der Waals surface area contributed by atoms with E-state index < -0.39 is 0 Å². The van der Waals surface area contributed by atoms with Gasteiger partial charge < -0.3 is 4.42 Å². The summed E-state index contributed by atoms with van der Waals surface area (Å²) < 4.78 is 6.23. The van der Waals surface area contributed by atoms with Crippen molar-refractivity contribution in [2.45, 2.75) is 0 Å². The lowest BCUT2D eigenvalue weighted by molar-refractivity contribution is 0.673. The van der Waals surface area contributed by atoms with Crippen molar-refractivity contribution in [1.29, 1.82) is 0 Å². The molecular weight excluding hydrogens is 316 g/mol. The predicted octanol–water partition coefficient (Wildman–Crippen LogP) is 7.06. The molecule has 114 valence electrons. The van der Waals surface area contributed by atoms with Crippen LogP contribution < -0.4 is 0 Å². The van der Waals surface area contributed by atoms with Gasteiger partial charge in [-0.05, 0) is 40.8 Å². The maximum Gasteiger partial charge on any atom is 0.143 e. The number of hydrogen-bond acceptors (Lipinski definition) is 1. The molecule has 0 amide bonds. The lowest BCUT2D eigenvalue weighted by Crippen LogP contribution is -1.82. The van der Waals surface area contributed by atoms with E-state index in [1.165, 1.54) is 10.9 Å². The van der Waals surface area contributed by atoms with E-state index in [0.29, 0.717) is 0 Å². The number of benzene rings is 4. The Labute approximate surface area is 144 Å². The molecule has 0 unspecified atom stereocenters. The van der Waals surface area contributed by atoms with Crippen molar-refractivity contribution < 1.29 is 4.42 Å². The van der Waals surface area contributed by atoms with Gasteiger partial charge in [0.2, 0.25) is 0 Å². The van der Waals surface area contributed by atoms with Gasteiger partial charge in [-0.1, -0.05) is 66.2 Å². The molecule has 1 nitrogen and oxygen atoms in total. The van der Waals surface area contributed by atoms with Crippen LogP contribution in [0.4, 0.5) is 0 Å². The summed E-state index contributed by atoms with van der Waals surface area (Å²) in [4.78, 5) is 0. The standard InChI is InChI=1S/C22H13ClO/c23-16-11-9-14(10-12-16)19-13-15-5-1-2-6-17(15)22-21(19)18-7-3-4-8-20(18)24-22/h1-13H. The fourth-order valence-electron chi connectivity index (χ4n) is 3.42. The van der Waals surface area contributed by atoms with Crippen molar-refractivity contribution in [2.24, 2.45) is 0 Å². The minimum atomic E-state index is 0.743. The lowest BCUT2D eigenvalue weighted by Gasteiger charge is -2.07. The molecule has 0 aliphatic rings. The second-order valence-electron chi connectivity index (χ2n) is 5.95. The zero-order valence-electron chi connectivity index (χ0n) is 12.8. The van der Waals surface area contributed by atoms with Crippen LogP contribution in [0.5, 0.6) is 0 Å². The van der Waals surface area contributed by atoms with E-state index in [9.17, 15) is 0 Å². The van der Waals surface area contributed by atoms with Crippen LogP contribution in [0.3, 0.4) is 0 Å². The number of halogens is 1. The number of fused-ring (bicyclic) bond motifs is 5. The SMILES string of the molecule is Clc1ccc(-c2cc3ccccc3c3oc4ccccc4c23)cc1. The quantitative estimate of drug-likeness (QED) is 0.321. The third kappa shape index (κ3) is 1.95. The minimum Gasteiger partial charge on any atom is -0.455 e. The Kier molecular flexibility index (Phi) is 2.91. The van der Waals surface area contributed by atoms with E-state index in [-0.39, 0.29) is 0 Å². The monoisotopic (exact) mass is 328 g/mol. The fourth-order valence-corrected chi connectivity index (χ4v) is 3.54. The molecule has 0 fully saturated rings. The summed E-state index contributed by atoms with van der Waals surface area (Å²) in [7, 11) is 0. The zero-order valence-corrected chi connectivity index (χ0v) is 13.5. The molecule has 0 aliphatic heterocycles. The molecule has 1 heterocycles. The number of hydrogen-bond donors (Lipinski definition) is 0. The second-order valence-corrected chi connectivity index (χ2v) is 6.39. The summed E-state index contributed by atoms with van der Waals surface area (Å²) in [6, 6.07) is 26.8. The van der Waals surface area contributed by atoms with Crippen LogP contribution in [-0.4, -0.2) is 0 Å². The Balaban J connectivity index is 2.01. The van der Waals surface area contributed by atoms with Crippen molar-refractivity contribution in [3.05, 3.63) is 83.9 Å². The topological polar surface area (TPSA) is 13.1 Å². The normalized spacial score (nSPS) is 11.5. The summed E-state index contributed by atoms with van der Waals surface area (Å²) in [6.45, 7) is 0. The van der Waals surface area contributed by atoms with Crippen LogP contribution in [0.1, 0.15) is 0 Å². The van der Waals surface area contributed by atoms with Crippen molar-refractivity contribution in [2.75, 3.05) is 0 Å². The maximum absolute atomic E-state index is 6.23. The second kappa shape index (κ2) is 5.12. The molecule has 24 heavy (non-hydrogen) atoms. The van der Waals surface area contributed by atoms with Gasteiger partial charge in [-0.15, -0.1) is 0 Å². The van der Waals surface area contributed by atoms with E-state index in [0.717, 1.165) is 37.9 Å². The predicted molar refractivity (Wildman–Crippen MR) is 102 cm³/mol. The highest BCUT2D eigenvalue weighted by atomic mass is 35.5. The summed E-state index contributed by atoms with van der Waals surface area (Å²) in [5, 5.41) is 5.36.